The molecule has 0 spiro atoms. The molecular weight excluding hydrogens is 318 g/mol. The van der Waals surface area contributed by atoms with Gasteiger partial charge in [0, 0.05) is 6.54 Å². The Bertz CT molecular complexity index is 698. The van der Waals surface area contributed by atoms with E-state index in [1.165, 1.54) is 0 Å². The van der Waals surface area contributed by atoms with Gasteiger partial charge in [0.2, 0.25) is 0 Å². The van der Waals surface area contributed by atoms with Gasteiger partial charge < -0.3 is 14.8 Å². The Kier molecular flexibility index (Phi) is 7.01. The summed E-state index contributed by atoms with van der Waals surface area (Å²) in [5.41, 5.74) is 1.34. The van der Waals surface area contributed by atoms with E-state index in [4.69, 9.17) is 9.47 Å². The normalized spacial score (nSPS) is 10.4. The lowest BCUT2D eigenvalue weighted by atomic mass is 10.2. The van der Waals surface area contributed by atoms with Crippen LogP contribution in [0.5, 0.6) is 5.75 Å². The van der Waals surface area contributed by atoms with E-state index in [0.717, 1.165) is 5.56 Å². The van der Waals surface area contributed by atoms with Gasteiger partial charge in [0.15, 0.2) is 6.61 Å². The first-order chi connectivity index (χ1) is 12.0. The number of rotatable bonds is 8. The lowest BCUT2D eigenvalue weighted by molar-refractivity contribution is -0.124. The van der Waals surface area contributed by atoms with Crippen molar-refractivity contribution in [3.8, 4) is 5.75 Å². The molecule has 0 aromatic heterocycles. The fourth-order valence-corrected chi connectivity index (χ4v) is 2.04. The van der Waals surface area contributed by atoms with Gasteiger partial charge in [-0.1, -0.05) is 50.2 Å². The molecule has 2 aromatic carbocycles. The van der Waals surface area contributed by atoms with Crippen LogP contribution in [0.15, 0.2) is 54.6 Å². The number of hydrogen-bond acceptors (Lipinski definition) is 4. The Hall–Kier alpha value is -2.82. The Morgan fingerprint density at radius 1 is 1.04 bits per heavy atom. The van der Waals surface area contributed by atoms with Gasteiger partial charge in [-0.15, -0.1) is 0 Å². The first-order valence-corrected chi connectivity index (χ1v) is 8.25. The molecule has 1 amide bonds. The topological polar surface area (TPSA) is 64.6 Å². The minimum absolute atomic E-state index is 0.317. The van der Waals surface area contributed by atoms with Crippen LogP contribution in [0.4, 0.5) is 0 Å². The fraction of sp³-hybridized carbons (Fsp3) is 0.300. The molecule has 2 aromatic rings. The highest BCUT2D eigenvalue weighted by Crippen LogP contribution is 2.15. The minimum Gasteiger partial charge on any atom is -0.493 e. The van der Waals surface area contributed by atoms with Crippen molar-refractivity contribution in [2.75, 3.05) is 13.2 Å². The monoisotopic (exact) mass is 341 g/mol. The molecule has 0 fully saturated rings. The molecule has 5 nitrogen and oxygen atoms in total. The van der Waals surface area contributed by atoms with E-state index in [2.05, 4.69) is 5.32 Å². The van der Waals surface area contributed by atoms with Gasteiger partial charge >= 0.3 is 5.97 Å². The molecule has 25 heavy (non-hydrogen) atoms. The Balaban J connectivity index is 1.79. The number of hydrogen-bond donors (Lipinski definition) is 1. The Morgan fingerprint density at radius 2 is 1.80 bits per heavy atom. The average Bonchev–Trinajstić information content (AvgIpc) is 2.63. The summed E-state index contributed by atoms with van der Waals surface area (Å²) in [5, 5.41) is 2.71. The van der Waals surface area contributed by atoms with Crippen LogP contribution in [0.1, 0.15) is 29.8 Å². The van der Waals surface area contributed by atoms with Crippen LogP contribution in [0.2, 0.25) is 0 Å². The maximum Gasteiger partial charge on any atom is 0.338 e. The van der Waals surface area contributed by atoms with Crippen molar-refractivity contribution in [1.29, 1.82) is 0 Å². The molecular formula is C20H23NO4. The molecule has 0 aliphatic rings. The molecule has 0 heterocycles. The summed E-state index contributed by atoms with van der Waals surface area (Å²) in [6, 6.07) is 16.3. The minimum atomic E-state index is -0.551. The number of benzene rings is 2. The van der Waals surface area contributed by atoms with Crippen molar-refractivity contribution in [2.45, 2.75) is 20.4 Å². The lowest BCUT2D eigenvalue weighted by Crippen LogP contribution is -2.28. The molecule has 0 saturated carbocycles. The maximum atomic E-state index is 12.1. The molecule has 5 heteroatoms. The second-order valence-electron chi connectivity index (χ2n) is 6.07. The van der Waals surface area contributed by atoms with Gasteiger partial charge in [-0.3, -0.25) is 4.79 Å². The molecule has 0 aliphatic heterocycles. The molecule has 0 radical (unpaired) electrons. The highest BCUT2D eigenvalue weighted by atomic mass is 16.5. The van der Waals surface area contributed by atoms with Crippen molar-refractivity contribution >= 4 is 11.9 Å². The second kappa shape index (κ2) is 9.47. The lowest BCUT2D eigenvalue weighted by Gasteiger charge is -2.10. The van der Waals surface area contributed by atoms with Gasteiger partial charge in [0.1, 0.15) is 5.75 Å². The van der Waals surface area contributed by atoms with Crippen LogP contribution in [0.25, 0.3) is 0 Å². The first kappa shape index (κ1) is 18.5. The van der Waals surface area contributed by atoms with Gasteiger partial charge in [-0.25, -0.2) is 4.79 Å². The molecule has 0 saturated heterocycles. The van der Waals surface area contributed by atoms with E-state index in [1.54, 1.807) is 24.3 Å². The van der Waals surface area contributed by atoms with Crippen LogP contribution in [-0.2, 0) is 16.1 Å². The number of carbonyl (C=O) groups is 2. The van der Waals surface area contributed by atoms with E-state index >= 15 is 0 Å². The van der Waals surface area contributed by atoms with Gasteiger partial charge in [0.05, 0.1) is 12.2 Å². The van der Waals surface area contributed by atoms with Crippen molar-refractivity contribution in [3.05, 3.63) is 65.7 Å². The van der Waals surface area contributed by atoms with E-state index < -0.39 is 5.97 Å². The number of esters is 1. The van der Waals surface area contributed by atoms with Crippen molar-refractivity contribution < 1.29 is 19.1 Å². The van der Waals surface area contributed by atoms with Gasteiger partial charge in [0.25, 0.3) is 5.91 Å². The maximum absolute atomic E-state index is 12.1. The zero-order chi connectivity index (χ0) is 18.1. The summed E-state index contributed by atoms with van der Waals surface area (Å²) in [5.74, 6) is 0.106. The van der Waals surface area contributed by atoms with Crippen molar-refractivity contribution in [2.24, 2.45) is 5.92 Å². The predicted molar refractivity (Wildman–Crippen MR) is 95.3 cm³/mol. The largest absolute Gasteiger partial charge is 0.493 e. The summed E-state index contributed by atoms with van der Waals surface area (Å²) in [6.07, 6.45) is 0. The van der Waals surface area contributed by atoms with E-state index in [1.807, 2.05) is 44.2 Å². The summed E-state index contributed by atoms with van der Waals surface area (Å²) < 4.78 is 10.6. The molecule has 0 atom stereocenters. The zero-order valence-corrected chi connectivity index (χ0v) is 14.5. The van der Waals surface area contributed by atoms with Gasteiger partial charge in [-0.2, -0.15) is 0 Å². The van der Waals surface area contributed by atoms with Crippen LogP contribution >= 0.6 is 0 Å². The predicted octanol–water partition coefficient (Wildman–Crippen LogP) is 3.19. The Labute approximate surface area is 148 Å². The molecule has 132 valence electrons. The molecule has 1 N–H and O–H groups in total. The van der Waals surface area contributed by atoms with E-state index in [0.29, 0.717) is 30.4 Å². The molecule has 0 aliphatic carbocycles. The molecule has 0 unspecified atom stereocenters. The molecule has 2 rings (SSSR count). The SMILES string of the molecule is CC(C)COc1cccc(C(=O)OCC(=O)NCc2ccccc2)c1. The fourth-order valence-electron chi connectivity index (χ4n) is 2.04. The quantitative estimate of drug-likeness (QED) is 0.749. The Morgan fingerprint density at radius 3 is 2.52 bits per heavy atom. The van der Waals surface area contributed by atoms with Crippen LogP contribution < -0.4 is 10.1 Å². The summed E-state index contributed by atoms with van der Waals surface area (Å²) >= 11 is 0. The average molecular weight is 341 g/mol. The number of ether oxygens (including phenoxy) is 2. The van der Waals surface area contributed by atoms with E-state index in [-0.39, 0.29) is 12.5 Å². The van der Waals surface area contributed by atoms with Crippen LogP contribution in [0.3, 0.4) is 0 Å². The number of carbonyl (C=O) groups excluding carboxylic acids is 2. The zero-order valence-electron chi connectivity index (χ0n) is 14.5. The third-order valence-electron chi connectivity index (χ3n) is 3.32. The van der Waals surface area contributed by atoms with Crippen LogP contribution in [0, 0.1) is 5.92 Å². The third-order valence-corrected chi connectivity index (χ3v) is 3.32. The number of amides is 1. The highest BCUT2D eigenvalue weighted by Gasteiger charge is 2.11. The third kappa shape index (κ3) is 6.67. The second-order valence-corrected chi connectivity index (χ2v) is 6.07. The smallest absolute Gasteiger partial charge is 0.338 e. The van der Waals surface area contributed by atoms with Crippen molar-refractivity contribution in [3.63, 3.8) is 0 Å². The van der Waals surface area contributed by atoms with E-state index in [9.17, 15) is 9.59 Å². The van der Waals surface area contributed by atoms with Gasteiger partial charge in [-0.05, 0) is 29.7 Å². The summed E-state index contributed by atoms with van der Waals surface area (Å²) in [4.78, 5) is 23.8. The summed E-state index contributed by atoms with van der Waals surface area (Å²) in [7, 11) is 0. The highest BCUT2D eigenvalue weighted by molar-refractivity contribution is 5.91. The number of nitrogens with one attached hydrogen (secondary N) is 1. The first-order valence-electron chi connectivity index (χ1n) is 8.25. The molecule has 0 bridgehead atoms. The standard InChI is InChI=1S/C20H23NO4/c1-15(2)13-24-18-10-6-9-17(11-18)20(23)25-14-19(22)21-12-16-7-4-3-5-8-16/h3-11,15H,12-14H2,1-2H3,(H,21,22). The van der Waals surface area contributed by atoms with Crippen molar-refractivity contribution in [1.82, 2.24) is 5.32 Å². The summed E-state index contributed by atoms with van der Waals surface area (Å²) in [6.45, 7) is 4.75. The van der Waals surface area contributed by atoms with Crippen LogP contribution in [-0.4, -0.2) is 25.1 Å².